The number of rotatable bonds is 3. The Bertz CT molecular complexity index is 877. The lowest BCUT2D eigenvalue weighted by molar-refractivity contribution is 0.373. The number of guanidine groups is 1. The fraction of sp³-hybridized carbons (Fsp3) is 0.300. The number of aromatic nitrogens is 1. The zero-order valence-corrected chi connectivity index (χ0v) is 15.7. The van der Waals surface area contributed by atoms with Gasteiger partial charge in [0, 0.05) is 51.4 Å². The molecule has 2 aromatic heterocycles. The van der Waals surface area contributed by atoms with Crippen LogP contribution in [0, 0.1) is 0 Å². The normalized spacial score (nSPS) is 15.5. The van der Waals surface area contributed by atoms with Crippen LogP contribution in [0.1, 0.15) is 5.56 Å². The number of piperazine rings is 1. The smallest absolute Gasteiger partial charge is 0.194 e. The van der Waals surface area contributed by atoms with E-state index in [2.05, 4.69) is 66.9 Å². The Hall–Kier alpha value is -2.60. The van der Waals surface area contributed by atoms with Crippen molar-refractivity contribution in [3.05, 3.63) is 59.6 Å². The number of thiophene rings is 1. The van der Waals surface area contributed by atoms with Gasteiger partial charge in [0.15, 0.2) is 5.96 Å². The highest BCUT2D eigenvalue weighted by Crippen LogP contribution is 2.22. The number of anilines is 1. The summed E-state index contributed by atoms with van der Waals surface area (Å²) in [7, 11) is 1.86. The van der Waals surface area contributed by atoms with Gasteiger partial charge in [0.2, 0.25) is 0 Å². The predicted molar refractivity (Wildman–Crippen MR) is 110 cm³/mol. The first kappa shape index (κ1) is 16.8. The van der Waals surface area contributed by atoms with Crippen LogP contribution in [0.15, 0.2) is 59.0 Å². The van der Waals surface area contributed by atoms with Gasteiger partial charge in [0.05, 0.1) is 10.5 Å². The second-order valence-electron chi connectivity index (χ2n) is 6.31. The maximum absolute atomic E-state index is 4.49. The number of benzene rings is 1. The first-order chi connectivity index (χ1) is 12.8. The number of pyridine rings is 1. The fourth-order valence-electron chi connectivity index (χ4n) is 3.40. The van der Waals surface area contributed by atoms with E-state index in [1.54, 1.807) is 0 Å². The summed E-state index contributed by atoms with van der Waals surface area (Å²) in [6.07, 6.45) is 1.88. The summed E-state index contributed by atoms with van der Waals surface area (Å²) in [4.78, 5) is 13.7. The molecular weight excluding hydrogens is 342 g/mol. The molecule has 0 saturated carbocycles. The van der Waals surface area contributed by atoms with Gasteiger partial charge >= 0.3 is 0 Å². The Morgan fingerprint density at radius 1 is 1.12 bits per heavy atom. The SMILES string of the molecule is CN=C(NCc1ccnc2ccccc12)N1CCN(c2cccs2)CC1. The number of nitrogens with one attached hydrogen (secondary N) is 1. The molecule has 1 saturated heterocycles. The van der Waals surface area contributed by atoms with Gasteiger partial charge in [-0.3, -0.25) is 9.98 Å². The molecule has 1 aliphatic heterocycles. The first-order valence-corrected chi connectivity index (χ1v) is 9.80. The molecule has 0 aliphatic carbocycles. The maximum Gasteiger partial charge on any atom is 0.194 e. The second kappa shape index (κ2) is 7.74. The molecule has 1 aromatic carbocycles. The number of fused-ring (bicyclic) bond motifs is 1. The van der Waals surface area contributed by atoms with Crippen molar-refractivity contribution in [2.45, 2.75) is 6.54 Å². The first-order valence-electron chi connectivity index (χ1n) is 8.92. The van der Waals surface area contributed by atoms with Gasteiger partial charge in [-0.15, -0.1) is 11.3 Å². The zero-order chi connectivity index (χ0) is 17.8. The van der Waals surface area contributed by atoms with E-state index in [4.69, 9.17) is 0 Å². The van der Waals surface area contributed by atoms with Crippen molar-refractivity contribution in [2.24, 2.45) is 4.99 Å². The lowest BCUT2D eigenvalue weighted by Crippen LogP contribution is -2.52. The Labute approximate surface area is 158 Å². The third kappa shape index (κ3) is 3.51. The van der Waals surface area contributed by atoms with Crippen molar-refractivity contribution in [1.82, 2.24) is 15.2 Å². The highest BCUT2D eigenvalue weighted by atomic mass is 32.1. The average Bonchev–Trinajstić information content (AvgIpc) is 3.24. The second-order valence-corrected chi connectivity index (χ2v) is 7.24. The number of para-hydroxylation sites is 1. The Morgan fingerprint density at radius 2 is 1.96 bits per heavy atom. The van der Waals surface area contributed by atoms with Gasteiger partial charge in [-0.05, 0) is 35.2 Å². The number of hydrogen-bond acceptors (Lipinski definition) is 4. The summed E-state index contributed by atoms with van der Waals surface area (Å²) in [5.74, 6) is 0.969. The lowest BCUT2D eigenvalue weighted by Gasteiger charge is -2.37. The standard InChI is InChI=1S/C20H23N5S/c1-21-20(25-12-10-24(11-13-25)19-7-4-14-26-19)23-15-16-8-9-22-18-6-3-2-5-17(16)18/h2-9,14H,10-13,15H2,1H3,(H,21,23). The predicted octanol–water partition coefficient (Wildman–Crippen LogP) is 3.19. The summed E-state index contributed by atoms with van der Waals surface area (Å²) in [5, 5.41) is 8.22. The van der Waals surface area contributed by atoms with Crippen molar-refractivity contribution in [2.75, 3.05) is 38.1 Å². The molecule has 1 fully saturated rings. The summed E-state index contributed by atoms with van der Waals surface area (Å²) >= 11 is 1.81. The Balaban J connectivity index is 1.39. The zero-order valence-electron chi connectivity index (χ0n) is 14.9. The molecule has 134 valence electrons. The van der Waals surface area contributed by atoms with Gasteiger partial charge in [-0.25, -0.2) is 0 Å². The highest BCUT2D eigenvalue weighted by molar-refractivity contribution is 7.14. The number of nitrogens with zero attached hydrogens (tertiary/aromatic N) is 4. The average molecular weight is 366 g/mol. The number of hydrogen-bond donors (Lipinski definition) is 1. The summed E-state index contributed by atoms with van der Waals surface area (Å²) < 4.78 is 0. The molecule has 26 heavy (non-hydrogen) atoms. The molecule has 0 amide bonds. The highest BCUT2D eigenvalue weighted by Gasteiger charge is 2.20. The van der Waals surface area contributed by atoms with Crippen molar-refractivity contribution in [3.8, 4) is 0 Å². The third-order valence-corrected chi connectivity index (χ3v) is 5.71. The Kier molecular flexibility index (Phi) is 5.02. The molecule has 0 radical (unpaired) electrons. The minimum atomic E-state index is 0.751. The summed E-state index contributed by atoms with van der Waals surface area (Å²) in [5.41, 5.74) is 2.28. The molecule has 0 atom stereocenters. The molecular formula is C20H23N5S. The van der Waals surface area contributed by atoms with Gasteiger partial charge < -0.3 is 15.1 Å². The fourth-order valence-corrected chi connectivity index (χ4v) is 4.19. The lowest BCUT2D eigenvalue weighted by atomic mass is 10.1. The van der Waals surface area contributed by atoms with E-state index >= 15 is 0 Å². The summed E-state index contributed by atoms with van der Waals surface area (Å²) in [6.45, 7) is 4.77. The monoisotopic (exact) mass is 365 g/mol. The summed E-state index contributed by atoms with van der Waals surface area (Å²) in [6, 6.07) is 14.7. The van der Waals surface area contributed by atoms with Crippen LogP contribution in [0.3, 0.4) is 0 Å². The van der Waals surface area contributed by atoms with Crippen molar-refractivity contribution < 1.29 is 0 Å². The molecule has 1 aliphatic rings. The van der Waals surface area contributed by atoms with Crippen LogP contribution < -0.4 is 10.2 Å². The largest absolute Gasteiger partial charge is 0.360 e. The van der Waals surface area contributed by atoms with Crippen molar-refractivity contribution >= 4 is 33.2 Å². The van der Waals surface area contributed by atoms with E-state index in [0.29, 0.717) is 0 Å². The Morgan fingerprint density at radius 3 is 2.73 bits per heavy atom. The molecule has 0 spiro atoms. The van der Waals surface area contributed by atoms with Crippen LogP contribution in [0.25, 0.3) is 10.9 Å². The van der Waals surface area contributed by atoms with Gasteiger partial charge in [-0.1, -0.05) is 18.2 Å². The van der Waals surface area contributed by atoms with E-state index < -0.39 is 0 Å². The van der Waals surface area contributed by atoms with E-state index in [-0.39, 0.29) is 0 Å². The molecule has 0 bridgehead atoms. The third-order valence-electron chi connectivity index (χ3n) is 4.79. The molecule has 4 rings (SSSR count). The quantitative estimate of drug-likeness (QED) is 0.572. The molecule has 1 N–H and O–H groups in total. The van der Waals surface area contributed by atoms with Crippen LogP contribution in [0.5, 0.6) is 0 Å². The van der Waals surface area contributed by atoms with Crippen LogP contribution in [-0.4, -0.2) is 49.1 Å². The van der Waals surface area contributed by atoms with Crippen LogP contribution >= 0.6 is 11.3 Å². The van der Waals surface area contributed by atoms with E-state index in [1.165, 1.54) is 16.0 Å². The van der Waals surface area contributed by atoms with Gasteiger partial charge in [0.25, 0.3) is 0 Å². The van der Waals surface area contributed by atoms with Gasteiger partial charge in [0.1, 0.15) is 0 Å². The molecule has 3 aromatic rings. The minimum Gasteiger partial charge on any atom is -0.360 e. The van der Waals surface area contributed by atoms with E-state index in [9.17, 15) is 0 Å². The van der Waals surface area contributed by atoms with Crippen LogP contribution in [-0.2, 0) is 6.54 Å². The van der Waals surface area contributed by atoms with Crippen molar-refractivity contribution in [3.63, 3.8) is 0 Å². The minimum absolute atomic E-state index is 0.751. The molecule has 6 heteroatoms. The molecule has 5 nitrogen and oxygen atoms in total. The topological polar surface area (TPSA) is 43.8 Å². The van der Waals surface area contributed by atoms with Gasteiger partial charge in [-0.2, -0.15) is 0 Å². The van der Waals surface area contributed by atoms with Crippen LogP contribution in [0.4, 0.5) is 5.00 Å². The molecule has 3 heterocycles. The maximum atomic E-state index is 4.49. The van der Waals surface area contributed by atoms with E-state index in [0.717, 1.165) is 44.2 Å². The van der Waals surface area contributed by atoms with E-state index in [1.807, 2.05) is 30.6 Å². The van der Waals surface area contributed by atoms with Crippen molar-refractivity contribution in [1.29, 1.82) is 0 Å². The number of aliphatic imine (C=N–C) groups is 1. The van der Waals surface area contributed by atoms with Crippen LogP contribution in [0.2, 0.25) is 0 Å². The molecule has 0 unspecified atom stereocenters.